The minimum Gasteiger partial charge on any atom is -0.394 e. The Kier molecular flexibility index (Phi) is 8.61. The number of alkyl halides is 3. The molecule has 0 aromatic rings. The van der Waals surface area contributed by atoms with Crippen LogP contribution in [0.5, 0.6) is 0 Å². The molecule has 0 aromatic carbocycles. The van der Waals surface area contributed by atoms with E-state index < -0.39 is 12.6 Å². The highest BCUT2D eigenvalue weighted by molar-refractivity contribution is 4.85. The van der Waals surface area contributed by atoms with Crippen molar-refractivity contribution in [2.24, 2.45) is 0 Å². The third kappa shape index (κ3) is 8.44. The monoisotopic (exact) mass is 284 g/mol. The first-order chi connectivity index (χ1) is 8.78. The van der Waals surface area contributed by atoms with Gasteiger partial charge in [-0.1, -0.05) is 13.8 Å². The molecule has 1 atom stereocenters. The molecule has 0 amide bonds. The van der Waals surface area contributed by atoms with Gasteiger partial charge in [-0.3, -0.25) is 0 Å². The Bertz CT molecular complexity index is 230. The number of hydrogen-bond donors (Lipinski definition) is 2. The largest absolute Gasteiger partial charge is 0.394 e. The van der Waals surface area contributed by atoms with Crippen LogP contribution in [0.3, 0.4) is 0 Å². The predicted octanol–water partition coefficient (Wildman–Crippen LogP) is 2.40. The maximum Gasteiger partial charge on any atom is 0.390 e. The number of hydrogen-bond acceptors (Lipinski definition) is 3. The lowest BCUT2D eigenvalue weighted by atomic mass is 9.91. The smallest absolute Gasteiger partial charge is 0.390 e. The average molecular weight is 284 g/mol. The Morgan fingerprint density at radius 2 is 1.74 bits per heavy atom. The molecule has 0 aliphatic heterocycles. The predicted molar refractivity (Wildman–Crippen MR) is 71.2 cm³/mol. The minimum atomic E-state index is -4.09. The highest BCUT2D eigenvalue weighted by Crippen LogP contribution is 2.20. The summed E-state index contributed by atoms with van der Waals surface area (Å²) in [5, 5.41) is 12.7. The molecule has 0 saturated heterocycles. The van der Waals surface area contributed by atoms with Crippen LogP contribution in [-0.4, -0.2) is 55.0 Å². The van der Waals surface area contributed by atoms with Crippen molar-refractivity contribution in [3.8, 4) is 0 Å². The highest BCUT2D eigenvalue weighted by Gasteiger charge is 2.28. The maximum atomic E-state index is 12.1. The number of likely N-dealkylation sites (N-methyl/N-ethyl adjacent to an activating group) is 1. The molecule has 1 unspecified atom stereocenters. The number of aliphatic hydroxyl groups excluding tert-OH is 1. The van der Waals surface area contributed by atoms with E-state index in [1.165, 1.54) is 0 Å². The molecule has 0 fully saturated rings. The molecule has 0 heterocycles. The van der Waals surface area contributed by atoms with Crippen LogP contribution in [0.4, 0.5) is 13.2 Å². The fourth-order valence-electron chi connectivity index (χ4n) is 2.13. The first kappa shape index (κ1) is 18.7. The fourth-order valence-corrected chi connectivity index (χ4v) is 2.13. The standard InChI is InChI=1S/C13H27F3N2O/c1-4-12(11-19,17-5-2)7-6-9-18(3)10-8-13(14,15)16/h17,19H,4-11H2,1-3H3. The molecule has 0 spiro atoms. The van der Waals surface area contributed by atoms with Crippen molar-refractivity contribution in [1.29, 1.82) is 0 Å². The van der Waals surface area contributed by atoms with Crippen LogP contribution in [0, 0.1) is 0 Å². The second kappa shape index (κ2) is 8.76. The number of rotatable bonds is 10. The molecule has 2 N–H and O–H groups in total. The van der Waals surface area contributed by atoms with Gasteiger partial charge in [0.05, 0.1) is 13.0 Å². The van der Waals surface area contributed by atoms with Crippen LogP contribution in [0.2, 0.25) is 0 Å². The van der Waals surface area contributed by atoms with Crippen molar-refractivity contribution in [2.45, 2.75) is 51.2 Å². The van der Waals surface area contributed by atoms with E-state index in [9.17, 15) is 18.3 Å². The fraction of sp³-hybridized carbons (Fsp3) is 1.00. The molecule has 3 nitrogen and oxygen atoms in total. The summed E-state index contributed by atoms with van der Waals surface area (Å²) in [4.78, 5) is 1.69. The van der Waals surface area contributed by atoms with E-state index >= 15 is 0 Å². The topological polar surface area (TPSA) is 35.5 Å². The summed E-state index contributed by atoms with van der Waals surface area (Å²) >= 11 is 0. The lowest BCUT2D eigenvalue weighted by Crippen LogP contribution is -2.48. The molecular formula is C13H27F3N2O. The summed E-state index contributed by atoms with van der Waals surface area (Å²) in [6.07, 6.45) is -2.50. The van der Waals surface area contributed by atoms with E-state index in [1.54, 1.807) is 11.9 Å². The van der Waals surface area contributed by atoms with E-state index in [2.05, 4.69) is 5.32 Å². The normalized spacial score (nSPS) is 15.8. The van der Waals surface area contributed by atoms with E-state index in [0.29, 0.717) is 6.54 Å². The average Bonchev–Trinajstić information content (AvgIpc) is 2.34. The maximum absolute atomic E-state index is 12.1. The Morgan fingerprint density at radius 1 is 1.11 bits per heavy atom. The summed E-state index contributed by atoms with van der Waals surface area (Å²) in [6.45, 7) is 5.47. The summed E-state index contributed by atoms with van der Waals surface area (Å²) in [5.74, 6) is 0. The van der Waals surface area contributed by atoms with Crippen LogP contribution in [0.15, 0.2) is 0 Å². The summed E-state index contributed by atoms with van der Waals surface area (Å²) < 4.78 is 36.2. The van der Waals surface area contributed by atoms with Crippen LogP contribution in [-0.2, 0) is 0 Å². The number of aliphatic hydroxyl groups is 1. The van der Waals surface area contributed by atoms with Gasteiger partial charge < -0.3 is 15.3 Å². The number of halogens is 3. The third-order valence-electron chi connectivity index (χ3n) is 3.50. The lowest BCUT2D eigenvalue weighted by molar-refractivity contribution is -0.137. The molecule has 6 heteroatoms. The summed E-state index contributed by atoms with van der Waals surface area (Å²) in [6, 6.07) is 0. The van der Waals surface area contributed by atoms with Gasteiger partial charge in [-0.15, -0.1) is 0 Å². The van der Waals surface area contributed by atoms with E-state index in [4.69, 9.17) is 0 Å². The summed E-state index contributed by atoms with van der Waals surface area (Å²) in [7, 11) is 1.70. The SMILES string of the molecule is CCNC(CC)(CO)CCCN(C)CCC(F)(F)F. The number of nitrogens with zero attached hydrogens (tertiary/aromatic N) is 1. The first-order valence-corrected chi connectivity index (χ1v) is 6.89. The van der Waals surface area contributed by atoms with Crippen LogP contribution < -0.4 is 5.32 Å². The molecular weight excluding hydrogens is 257 g/mol. The molecule has 0 aromatic heterocycles. The van der Waals surface area contributed by atoms with Gasteiger partial charge in [-0.25, -0.2) is 0 Å². The van der Waals surface area contributed by atoms with E-state index in [-0.39, 0.29) is 18.7 Å². The van der Waals surface area contributed by atoms with Crippen molar-refractivity contribution in [3.05, 3.63) is 0 Å². The zero-order chi connectivity index (χ0) is 14.9. The van der Waals surface area contributed by atoms with Gasteiger partial charge in [0.2, 0.25) is 0 Å². The van der Waals surface area contributed by atoms with E-state index in [1.807, 2.05) is 13.8 Å². The molecule has 0 rings (SSSR count). The Morgan fingerprint density at radius 3 is 2.16 bits per heavy atom. The highest BCUT2D eigenvalue weighted by atomic mass is 19.4. The Labute approximate surface area is 114 Å². The molecule has 0 radical (unpaired) electrons. The van der Waals surface area contributed by atoms with Crippen molar-refractivity contribution in [1.82, 2.24) is 10.2 Å². The van der Waals surface area contributed by atoms with Crippen LogP contribution in [0.25, 0.3) is 0 Å². The second-order valence-corrected chi connectivity index (χ2v) is 5.09. The van der Waals surface area contributed by atoms with Gasteiger partial charge >= 0.3 is 6.18 Å². The van der Waals surface area contributed by atoms with Gasteiger partial charge in [-0.05, 0) is 39.4 Å². The minimum absolute atomic E-state index is 0.0307. The van der Waals surface area contributed by atoms with Crippen LogP contribution in [0.1, 0.15) is 39.5 Å². The molecule has 0 aliphatic rings. The third-order valence-corrected chi connectivity index (χ3v) is 3.50. The summed E-state index contributed by atoms with van der Waals surface area (Å²) in [5.41, 5.74) is -0.292. The first-order valence-electron chi connectivity index (χ1n) is 6.89. The van der Waals surface area contributed by atoms with E-state index in [0.717, 1.165) is 25.8 Å². The van der Waals surface area contributed by atoms with Gasteiger partial charge in [-0.2, -0.15) is 13.2 Å². The van der Waals surface area contributed by atoms with Gasteiger partial charge in [0.25, 0.3) is 0 Å². The molecule has 0 saturated carbocycles. The molecule has 0 bridgehead atoms. The van der Waals surface area contributed by atoms with Crippen molar-refractivity contribution in [3.63, 3.8) is 0 Å². The van der Waals surface area contributed by atoms with Gasteiger partial charge in [0, 0.05) is 12.1 Å². The number of nitrogens with one attached hydrogen (secondary N) is 1. The quantitative estimate of drug-likeness (QED) is 0.646. The zero-order valence-corrected chi connectivity index (χ0v) is 12.2. The van der Waals surface area contributed by atoms with Crippen LogP contribution >= 0.6 is 0 Å². The van der Waals surface area contributed by atoms with Crippen molar-refractivity contribution < 1.29 is 18.3 Å². The van der Waals surface area contributed by atoms with Gasteiger partial charge in [0.1, 0.15) is 0 Å². The Hall–Kier alpha value is -0.330. The molecule has 19 heavy (non-hydrogen) atoms. The lowest BCUT2D eigenvalue weighted by Gasteiger charge is -2.32. The second-order valence-electron chi connectivity index (χ2n) is 5.09. The Balaban J connectivity index is 3.98. The molecule has 0 aliphatic carbocycles. The molecule has 116 valence electrons. The van der Waals surface area contributed by atoms with Crippen molar-refractivity contribution >= 4 is 0 Å². The van der Waals surface area contributed by atoms with Gasteiger partial charge in [0.15, 0.2) is 0 Å². The van der Waals surface area contributed by atoms with Crippen molar-refractivity contribution in [2.75, 3.05) is 33.3 Å². The zero-order valence-electron chi connectivity index (χ0n) is 12.2.